The van der Waals surface area contributed by atoms with E-state index in [9.17, 15) is 8.42 Å². The van der Waals surface area contributed by atoms with Crippen LogP contribution in [0.25, 0.3) is 11.1 Å². The minimum Gasteiger partial charge on any atom is -0.443 e. The van der Waals surface area contributed by atoms with Crippen molar-refractivity contribution in [1.82, 2.24) is 14.3 Å². The van der Waals surface area contributed by atoms with Gasteiger partial charge >= 0.3 is 0 Å². The van der Waals surface area contributed by atoms with Gasteiger partial charge in [0, 0.05) is 31.5 Å². The Kier molecular flexibility index (Phi) is 4.40. The summed E-state index contributed by atoms with van der Waals surface area (Å²) in [5.74, 6) is 0. The molecule has 2 aromatic heterocycles. The molecule has 6 nitrogen and oxygen atoms in total. The Morgan fingerprint density at radius 2 is 1.96 bits per heavy atom. The molecule has 0 saturated carbocycles. The van der Waals surface area contributed by atoms with Crippen LogP contribution in [0.3, 0.4) is 0 Å². The minimum absolute atomic E-state index is 0.221. The van der Waals surface area contributed by atoms with Crippen molar-refractivity contribution < 1.29 is 12.8 Å². The summed E-state index contributed by atoms with van der Waals surface area (Å²) in [5, 5.41) is 0. The Morgan fingerprint density at radius 1 is 1.17 bits per heavy atom. The summed E-state index contributed by atoms with van der Waals surface area (Å²) in [6, 6.07) is 8.52. The van der Waals surface area contributed by atoms with Crippen LogP contribution in [-0.2, 0) is 16.4 Å². The fourth-order valence-corrected chi connectivity index (χ4v) is 3.86. The van der Waals surface area contributed by atoms with Crippen molar-refractivity contribution in [2.24, 2.45) is 0 Å². The minimum atomic E-state index is -3.56. The van der Waals surface area contributed by atoms with Crippen LogP contribution in [0.1, 0.15) is 12.5 Å². The van der Waals surface area contributed by atoms with Gasteiger partial charge in [0.05, 0.1) is 4.90 Å². The second-order valence-corrected chi connectivity index (χ2v) is 7.02. The van der Waals surface area contributed by atoms with Gasteiger partial charge < -0.3 is 4.42 Å². The molecular formula is C16H17N3O3S. The standard InChI is InChI=1S/C16H17N3O3S/c1-2-19(10-7-13-5-8-17-9-6-13)23(20,21)14-3-4-15-16(11-14)22-12-18-15/h3-6,8-9,11-12H,2,7,10H2,1H3. The fraction of sp³-hybridized carbons (Fsp3) is 0.250. The zero-order chi connectivity index (χ0) is 16.3. The van der Waals surface area contributed by atoms with Crippen molar-refractivity contribution in [3.63, 3.8) is 0 Å². The van der Waals surface area contributed by atoms with Crippen LogP contribution < -0.4 is 0 Å². The van der Waals surface area contributed by atoms with E-state index in [4.69, 9.17) is 4.42 Å². The van der Waals surface area contributed by atoms with Crippen LogP contribution in [0.5, 0.6) is 0 Å². The number of aromatic nitrogens is 2. The lowest BCUT2D eigenvalue weighted by Crippen LogP contribution is -2.32. The number of nitrogens with zero attached hydrogens (tertiary/aromatic N) is 3. The van der Waals surface area contributed by atoms with E-state index in [-0.39, 0.29) is 4.90 Å². The van der Waals surface area contributed by atoms with E-state index in [1.165, 1.54) is 16.8 Å². The SMILES string of the molecule is CCN(CCc1ccncc1)S(=O)(=O)c1ccc2ncoc2c1. The average Bonchev–Trinajstić information content (AvgIpc) is 3.04. The monoisotopic (exact) mass is 331 g/mol. The molecule has 0 aliphatic rings. The quantitative estimate of drug-likeness (QED) is 0.693. The maximum Gasteiger partial charge on any atom is 0.243 e. The van der Waals surface area contributed by atoms with E-state index < -0.39 is 10.0 Å². The molecule has 0 fully saturated rings. The summed E-state index contributed by atoms with van der Waals surface area (Å²) in [6.45, 7) is 2.65. The number of oxazole rings is 1. The molecule has 120 valence electrons. The number of benzene rings is 1. The third-order valence-electron chi connectivity index (χ3n) is 3.69. The Labute approximate surface area is 134 Å². The maximum absolute atomic E-state index is 12.8. The van der Waals surface area contributed by atoms with Gasteiger partial charge in [-0.15, -0.1) is 0 Å². The lowest BCUT2D eigenvalue weighted by atomic mass is 10.2. The van der Waals surface area contributed by atoms with Crippen LogP contribution in [-0.4, -0.2) is 35.8 Å². The molecule has 0 radical (unpaired) electrons. The lowest BCUT2D eigenvalue weighted by molar-refractivity contribution is 0.431. The first-order chi connectivity index (χ1) is 11.1. The van der Waals surface area contributed by atoms with Crippen molar-refractivity contribution in [2.75, 3.05) is 13.1 Å². The molecular weight excluding hydrogens is 314 g/mol. The number of hydrogen-bond donors (Lipinski definition) is 0. The number of hydrogen-bond acceptors (Lipinski definition) is 5. The molecule has 0 spiro atoms. The van der Waals surface area contributed by atoms with Gasteiger partial charge in [0.2, 0.25) is 10.0 Å². The second kappa shape index (κ2) is 6.47. The molecule has 7 heteroatoms. The molecule has 3 rings (SSSR count). The zero-order valence-corrected chi connectivity index (χ0v) is 13.5. The van der Waals surface area contributed by atoms with Gasteiger partial charge in [0.25, 0.3) is 0 Å². The van der Waals surface area contributed by atoms with Crippen molar-refractivity contribution >= 4 is 21.1 Å². The van der Waals surface area contributed by atoms with E-state index in [0.717, 1.165) is 5.56 Å². The van der Waals surface area contributed by atoms with Gasteiger partial charge in [-0.25, -0.2) is 13.4 Å². The number of sulfonamides is 1. The van der Waals surface area contributed by atoms with Crippen molar-refractivity contribution in [3.05, 3.63) is 54.7 Å². The highest BCUT2D eigenvalue weighted by Crippen LogP contribution is 2.21. The van der Waals surface area contributed by atoms with E-state index in [1.54, 1.807) is 24.5 Å². The molecule has 0 bridgehead atoms. The van der Waals surface area contributed by atoms with Gasteiger partial charge in [-0.1, -0.05) is 6.92 Å². The van der Waals surface area contributed by atoms with Crippen LogP contribution in [0, 0.1) is 0 Å². The summed E-state index contributed by atoms with van der Waals surface area (Å²) in [4.78, 5) is 8.19. The molecule has 0 N–H and O–H groups in total. The first-order valence-electron chi connectivity index (χ1n) is 7.33. The van der Waals surface area contributed by atoms with Crippen LogP contribution in [0.4, 0.5) is 0 Å². The number of pyridine rings is 1. The van der Waals surface area contributed by atoms with Gasteiger partial charge in [-0.05, 0) is 36.2 Å². The highest BCUT2D eigenvalue weighted by Gasteiger charge is 2.23. The lowest BCUT2D eigenvalue weighted by Gasteiger charge is -2.20. The van der Waals surface area contributed by atoms with E-state index in [1.807, 2.05) is 19.1 Å². The van der Waals surface area contributed by atoms with Crippen molar-refractivity contribution in [1.29, 1.82) is 0 Å². The molecule has 0 saturated heterocycles. The van der Waals surface area contributed by atoms with Gasteiger partial charge in [0.15, 0.2) is 12.0 Å². The van der Waals surface area contributed by atoms with Gasteiger partial charge in [-0.2, -0.15) is 4.31 Å². The molecule has 0 amide bonds. The molecule has 3 aromatic rings. The first kappa shape index (κ1) is 15.6. The number of fused-ring (bicyclic) bond motifs is 1. The van der Waals surface area contributed by atoms with Crippen molar-refractivity contribution in [3.8, 4) is 0 Å². The summed E-state index contributed by atoms with van der Waals surface area (Å²) >= 11 is 0. The molecule has 0 aliphatic heterocycles. The van der Waals surface area contributed by atoms with E-state index in [2.05, 4.69) is 9.97 Å². The number of likely N-dealkylation sites (N-methyl/N-ethyl adjacent to an activating group) is 1. The second-order valence-electron chi connectivity index (χ2n) is 5.08. The first-order valence-corrected chi connectivity index (χ1v) is 8.77. The maximum atomic E-state index is 12.8. The summed E-state index contributed by atoms with van der Waals surface area (Å²) in [7, 11) is -3.56. The van der Waals surface area contributed by atoms with Gasteiger partial charge in [0.1, 0.15) is 5.52 Å². The van der Waals surface area contributed by atoms with Crippen molar-refractivity contribution in [2.45, 2.75) is 18.2 Å². The summed E-state index contributed by atoms with van der Waals surface area (Å²) in [6.07, 6.45) is 5.36. The fourth-order valence-electron chi connectivity index (χ4n) is 2.40. The third-order valence-corrected chi connectivity index (χ3v) is 5.66. The Morgan fingerprint density at radius 3 is 2.70 bits per heavy atom. The number of rotatable bonds is 6. The zero-order valence-electron chi connectivity index (χ0n) is 12.7. The van der Waals surface area contributed by atoms with Gasteiger partial charge in [-0.3, -0.25) is 4.98 Å². The Hall–Kier alpha value is -2.25. The van der Waals surface area contributed by atoms with Crippen LogP contribution in [0.15, 0.2) is 58.4 Å². The van der Waals surface area contributed by atoms with E-state index >= 15 is 0 Å². The molecule has 1 aromatic carbocycles. The Bertz CT molecular complexity index is 891. The molecule has 0 aliphatic carbocycles. The van der Waals surface area contributed by atoms with Crippen LogP contribution >= 0.6 is 0 Å². The molecule has 2 heterocycles. The Balaban J connectivity index is 1.83. The molecule has 0 atom stereocenters. The topological polar surface area (TPSA) is 76.3 Å². The third kappa shape index (κ3) is 3.25. The highest BCUT2D eigenvalue weighted by molar-refractivity contribution is 7.89. The summed E-state index contributed by atoms with van der Waals surface area (Å²) in [5.41, 5.74) is 2.17. The predicted octanol–water partition coefficient (Wildman–Crippen LogP) is 2.48. The normalized spacial score (nSPS) is 12.1. The summed E-state index contributed by atoms with van der Waals surface area (Å²) < 4.78 is 32.3. The molecule has 0 unspecified atom stereocenters. The van der Waals surface area contributed by atoms with E-state index in [0.29, 0.717) is 30.6 Å². The largest absolute Gasteiger partial charge is 0.443 e. The predicted molar refractivity (Wildman–Crippen MR) is 86.4 cm³/mol. The average molecular weight is 331 g/mol. The molecule has 23 heavy (non-hydrogen) atoms. The highest BCUT2D eigenvalue weighted by atomic mass is 32.2. The smallest absolute Gasteiger partial charge is 0.243 e. The van der Waals surface area contributed by atoms with Crippen LogP contribution in [0.2, 0.25) is 0 Å².